The Morgan fingerprint density at radius 3 is 2.60 bits per heavy atom. The number of ether oxygens (including phenoxy) is 2. The van der Waals surface area contributed by atoms with Crippen LogP contribution in [-0.2, 0) is 4.74 Å². The van der Waals surface area contributed by atoms with Gasteiger partial charge in [0.2, 0.25) is 17.8 Å². The predicted molar refractivity (Wildman–Crippen MR) is 133 cm³/mol. The summed E-state index contributed by atoms with van der Waals surface area (Å²) in [6.45, 7) is 2.33. The second-order valence-corrected chi connectivity index (χ2v) is 8.08. The van der Waals surface area contributed by atoms with E-state index in [1.165, 1.54) is 18.3 Å². The van der Waals surface area contributed by atoms with Gasteiger partial charge in [-0.1, -0.05) is 0 Å². The summed E-state index contributed by atoms with van der Waals surface area (Å²) in [7, 11) is 1.59. The zero-order valence-corrected chi connectivity index (χ0v) is 20.1. The molecule has 3 aromatic rings. The molecule has 1 aliphatic heterocycles. The summed E-state index contributed by atoms with van der Waals surface area (Å²) in [5.41, 5.74) is 3.39. The lowest BCUT2D eigenvalue weighted by Gasteiger charge is -2.27. The van der Waals surface area contributed by atoms with Crippen molar-refractivity contribution in [1.82, 2.24) is 15.0 Å². The van der Waals surface area contributed by atoms with Crippen molar-refractivity contribution in [2.75, 3.05) is 49.1 Å². The van der Waals surface area contributed by atoms with E-state index in [0.717, 1.165) is 5.69 Å². The molecule has 0 spiro atoms. The van der Waals surface area contributed by atoms with Crippen molar-refractivity contribution in [2.24, 2.45) is 5.10 Å². The molecule has 2 heterocycles. The highest BCUT2D eigenvalue weighted by Gasteiger charge is 2.17. The molecule has 1 fully saturated rings. The number of methoxy groups -OCH3 is 1. The summed E-state index contributed by atoms with van der Waals surface area (Å²) in [5.74, 6) is 1.38. The predicted octanol–water partition coefficient (Wildman–Crippen LogP) is 3.28. The van der Waals surface area contributed by atoms with Crippen LogP contribution in [0.15, 0.2) is 46.0 Å². The summed E-state index contributed by atoms with van der Waals surface area (Å²) >= 11 is 3.10. The van der Waals surface area contributed by atoms with E-state index in [0.29, 0.717) is 38.0 Å². The molecular weight excluding hydrogens is 524 g/mol. The van der Waals surface area contributed by atoms with Crippen LogP contribution in [0.1, 0.15) is 5.56 Å². The van der Waals surface area contributed by atoms with Crippen molar-refractivity contribution in [3.8, 4) is 11.5 Å². The minimum Gasteiger partial charge on any atom is -0.506 e. The third-order valence-electron chi connectivity index (χ3n) is 4.92. The number of phenolic OH excluding ortho intramolecular Hbond substituents is 1. The molecule has 2 aromatic carbocycles. The summed E-state index contributed by atoms with van der Waals surface area (Å²) in [4.78, 5) is 25.8. The Balaban J connectivity index is 1.59. The molecule has 0 radical (unpaired) electrons. The lowest BCUT2D eigenvalue weighted by atomic mass is 10.2. The Hall–Kier alpha value is -4.04. The molecular formula is C21H21BrN8O5. The van der Waals surface area contributed by atoms with E-state index in [4.69, 9.17) is 9.47 Å². The average molecular weight is 545 g/mol. The molecule has 0 bridgehead atoms. The van der Waals surface area contributed by atoms with Crippen LogP contribution >= 0.6 is 15.9 Å². The first-order valence-corrected chi connectivity index (χ1v) is 11.2. The number of morpholine rings is 1. The SMILES string of the molecule is COc1ccc(Nc2nc(N/N=C\c3cc([N+](=O)[O-])cc(Br)c3O)nc(N3CCOCC3)n2)cc1. The first kappa shape index (κ1) is 24.1. The van der Waals surface area contributed by atoms with E-state index in [1.54, 1.807) is 19.2 Å². The largest absolute Gasteiger partial charge is 0.506 e. The summed E-state index contributed by atoms with van der Waals surface area (Å²) in [6, 6.07) is 9.67. The molecule has 4 rings (SSSR count). The van der Waals surface area contributed by atoms with Gasteiger partial charge in [0.15, 0.2) is 0 Å². The quantitative estimate of drug-likeness (QED) is 0.217. The van der Waals surface area contributed by atoms with Crippen molar-refractivity contribution >= 4 is 51.4 Å². The number of benzene rings is 2. The Labute approximate surface area is 208 Å². The van der Waals surface area contributed by atoms with E-state index in [-0.39, 0.29) is 33.4 Å². The van der Waals surface area contributed by atoms with Crippen molar-refractivity contribution in [2.45, 2.75) is 0 Å². The third-order valence-corrected chi connectivity index (χ3v) is 5.52. The van der Waals surface area contributed by atoms with Crippen LogP contribution in [0.4, 0.5) is 29.2 Å². The lowest BCUT2D eigenvalue weighted by Crippen LogP contribution is -2.37. The number of hydrazone groups is 1. The van der Waals surface area contributed by atoms with E-state index >= 15 is 0 Å². The van der Waals surface area contributed by atoms with Crippen LogP contribution in [0, 0.1) is 10.1 Å². The van der Waals surface area contributed by atoms with Gasteiger partial charge in [-0.05, 0) is 40.2 Å². The van der Waals surface area contributed by atoms with Crippen LogP contribution in [0.5, 0.6) is 11.5 Å². The maximum atomic E-state index is 11.1. The van der Waals surface area contributed by atoms with E-state index in [9.17, 15) is 15.2 Å². The number of aromatic nitrogens is 3. The Morgan fingerprint density at radius 2 is 1.91 bits per heavy atom. The van der Waals surface area contributed by atoms with E-state index in [1.807, 2.05) is 17.0 Å². The number of halogens is 1. The van der Waals surface area contributed by atoms with Gasteiger partial charge in [0.1, 0.15) is 11.5 Å². The van der Waals surface area contributed by atoms with Crippen LogP contribution in [-0.4, -0.2) is 64.6 Å². The minimum absolute atomic E-state index is 0.137. The Kier molecular flexibility index (Phi) is 7.52. The number of rotatable bonds is 8. The molecule has 0 unspecified atom stereocenters. The van der Waals surface area contributed by atoms with Gasteiger partial charge in [-0.15, -0.1) is 0 Å². The van der Waals surface area contributed by atoms with Gasteiger partial charge in [0.25, 0.3) is 5.69 Å². The molecule has 1 aromatic heterocycles. The van der Waals surface area contributed by atoms with Crippen LogP contribution in [0.25, 0.3) is 0 Å². The highest BCUT2D eigenvalue weighted by molar-refractivity contribution is 9.10. The topological polar surface area (TPSA) is 160 Å². The van der Waals surface area contributed by atoms with Gasteiger partial charge < -0.3 is 24.8 Å². The maximum Gasteiger partial charge on any atom is 0.271 e. The second-order valence-electron chi connectivity index (χ2n) is 7.23. The average Bonchev–Trinajstić information content (AvgIpc) is 2.87. The number of aromatic hydroxyl groups is 1. The van der Waals surface area contributed by atoms with Crippen molar-refractivity contribution in [3.63, 3.8) is 0 Å². The summed E-state index contributed by atoms with van der Waals surface area (Å²) in [6.07, 6.45) is 1.24. The second kappa shape index (κ2) is 10.9. The highest BCUT2D eigenvalue weighted by Crippen LogP contribution is 2.31. The number of hydrogen-bond donors (Lipinski definition) is 3. The van der Waals surface area contributed by atoms with Crippen LogP contribution < -0.4 is 20.4 Å². The van der Waals surface area contributed by atoms with Crippen LogP contribution in [0.2, 0.25) is 0 Å². The fraction of sp³-hybridized carbons (Fsp3) is 0.238. The van der Waals surface area contributed by atoms with Crippen molar-refractivity contribution in [1.29, 1.82) is 0 Å². The molecule has 35 heavy (non-hydrogen) atoms. The first-order chi connectivity index (χ1) is 16.9. The van der Waals surface area contributed by atoms with Gasteiger partial charge in [-0.25, -0.2) is 5.43 Å². The van der Waals surface area contributed by atoms with Gasteiger partial charge in [-0.3, -0.25) is 10.1 Å². The van der Waals surface area contributed by atoms with Crippen LogP contribution in [0.3, 0.4) is 0 Å². The normalized spacial score (nSPS) is 13.6. The molecule has 1 saturated heterocycles. The smallest absolute Gasteiger partial charge is 0.271 e. The number of nitro groups is 1. The Bertz CT molecular complexity index is 1240. The maximum absolute atomic E-state index is 11.1. The molecule has 0 atom stereocenters. The monoisotopic (exact) mass is 544 g/mol. The molecule has 0 aliphatic carbocycles. The zero-order valence-electron chi connectivity index (χ0n) is 18.5. The first-order valence-electron chi connectivity index (χ1n) is 10.4. The molecule has 14 heteroatoms. The molecule has 0 amide bonds. The number of hydrogen-bond acceptors (Lipinski definition) is 12. The molecule has 0 saturated carbocycles. The lowest BCUT2D eigenvalue weighted by molar-refractivity contribution is -0.385. The number of phenols is 1. The number of non-ortho nitro benzene ring substituents is 1. The number of nitrogens with zero attached hydrogens (tertiary/aromatic N) is 6. The summed E-state index contributed by atoms with van der Waals surface area (Å²) < 4.78 is 10.8. The van der Waals surface area contributed by atoms with Gasteiger partial charge in [0, 0.05) is 36.5 Å². The van der Waals surface area contributed by atoms with Gasteiger partial charge >= 0.3 is 0 Å². The number of anilines is 4. The highest BCUT2D eigenvalue weighted by atomic mass is 79.9. The molecule has 13 nitrogen and oxygen atoms in total. The van der Waals surface area contributed by atoms with Crippen molar-refractivity contribution in [3.05, 3.63) is 56.5 Å². The molecule has 1 aliphatic rings. The standard InChI is InChI=1S/C21H21BrN8O5/c1-34-16-4-2-14(3-5-16)24-19-25-20(27-21(26-19)29-6-8-35-9-7-29)28-23-12-13-10-15(30(32)33)11-17(22)18(13)31/h2-5,10-12,31H,6-9H2,1H3,(H2,24,25,26,27,28)/b23-12-. The van der Waals surface area contributed by atoms with E-state index < -0.39 is 4.92 Å². The zero-order chi connectivity index (χ0) is 24.8. The van der Waals surface area contributed by atoms with E-state index in [2.05, 4.69) is 46.7 Å². The van der Waals surface area contributed by atoms with Gasteiger partial charge in [0.05, 0.1) is 35.9 Å². The van der Waals surface area contributed by atoms with Crippen molar-refractivity contribution < 1.29 is 19.5 Å². The number of nitro benzene ring substituents is 1. The minimum atomic E-state index is -0.563. The third kappa shape index (κ3) is 6.10. The van der Waals surface area contributed by atoms with Gasteiger partial charge in [-0.2, -0.15) is 20.1 Å². The Morgan fingerprint density at radius 1 is 1.20 bits per heavy atom. The fourth-order valence-corrected chi connectivity index (χ4v) is 3.61. The summed E-state index contributed by atoms with van der Waals surface area (Å²) in [5, 5.41) is 28.5. The molecule has 3 N–H and O–H groups in total. The number of nitrogens with one attached hydrogen (secondary N) is 2. The fourth-order valence-electron chi connectivity index (χ4n) is 3.15. The molecule has 182 valence electrons.